The van der Waals surface area contributed by atoms with Crippen LogP contribution in [-0.4, -0.2) is 33.6 Å². The summed E-state index contributed by atoms with van der Waals surface area (Å²) in [5.41, 5.74) is 7.99. The summed E-state index contributed by atoms with van der Waals surface area (Å²) in [6.45, 7) is 11.8. The van der Waals surface area contributed by atoms with Gasteiger partial charge in [0.25, 0.3) is 0 Å². The fourth-order valence-electron chi connectivity index (χ4n) is 3.72. The molecule has 154 valence electrons. The molecule has 1 atom stereocenters. The van der Waals surface area contributed by atoms with Gasteiger partial charge in [-0.25, -0.2) is 15.0 Å². The highest BCUT2D eigenvalue weighted by Gasteiger charge is 2.19. The lowest BCUT2D eigenvalue weighted by atomic mass is 9.86. The van der Waals surface area contributed by atoms with Crippen LogP contribution in [0.2, 0.25) is 0 Å². The molecule has 0 aliphatic heterocycles. The fourth-order valence-corrected chi connectivity index (χ4v) is 3.72. The van der Waals surface area contributed by atoms with Crippen molar-refractivity contribution in [3.63, 3.8) is 0 Å². The molecule has 6 heteroatoms. The Hall–Kier alpha value is -1.95. The summed E-state index contributed by atoms with van der Waals surface area (Å²) < 4.78 is 0. The number of rotatable bonds is 7. The molecule has 1 aliphatic rings. The van der Waals surface area contributed by atoms with Gasteiger partial charge in [0.2, 0.25) is 5.95 Å². The first kappa shape index (κ1) is 20.8. The third kappa shape index (κ3) is 5.10. The van der Waals surface area contributed by atoms with Crippen molar-refractivity contribution >= 4 is 22.7 Å². The third-order valence-corrected chi connectivity index (χ3v) is 5.92. The zero-order valence-electron chi connectivity index (χ0n) is 18.0. The van der Waals surface area contributed by atoms with Crippen LogP contribution in [0.25, 0.3) is 10.9 Å². The van der Waals surface area contributed by atoms with Crippen molar-refractivity contribution in [3.8, 4) is 0 Å². The quantitative estimate of drug-likeness (QED) is 0.650. The summed E-state index contributed by atoms with van der Waals surface area (Å²) >= 11 is 0. The molecule has 1 unspecified atom stereocenters. The molecule has 1 saturated carbocycles. The minimum absolute atomic E-state index is 0.290. The van der Waals surface area contributed by atoms with Gasteiger partial charge in [-0.2, -0.15) is 0 Å². The molecule has 4 N–H and O–H groups in total. The van der Waals surface area contributed by atoms with Crippen molar-refractivity contribution in [2.75, 3.05) is 17.2 Å². The highest BCUT2D eigenvalue weighted by Crippen LogP contribution is 2.29. The molecule has 28 heavy (non-hydrogen) atoms. The van der Waals surface area contributed by atoms with Crippen LogP contribution in [-0.2, 0) is 0 Å². The van der Waals surface area contributed by atoms with E-state index in [9.17, 15) is 0 Å². The van der Waals surface area contributed by atoms with Crippen LogP contribution >= 0.6 is 0 Å². The smallest absolute Gasteiger partial charge is 0.223 e. The molecule has 2 aromatic rings. The first-order valence-electron chi connectivity index (χ1n) is 10.8. The van der Waals surface area contributed by atoms with Gasteiger partial charge >= 0.3 is 0 Å². The van der Waals surface area contributed by atoms with Gasteiger partial charge in [0, 0.05) is 41.8 Å². The van der Waals surface area contributed by atoms with Gasteiger partial charge in [-0.05, 0) is 57.4 Å². The lowest BCUT2D eigenvalue weighted by Crippen LogP contribution is -2.29. The summed E-state index contributed by atoms with van der Waals surface area (Å²) in [7, 11) is 0. The summed E-state index contributed by atoms with van der Waals surface area (Å²) in [6, 6.07) is 2.81. The lowest BCUT2D eigenvalue weighted by Gasteiger charge is -2.26. The zero-order valence-corrected chi connectivity index (χ0v) is 18.0. The van der Waals surface area contributed by atoms with E-state index in [-0.39, 0.29) is 6.04 Å². The monoisotopic (exact) mass is 384 g/mol. The van der Waals surface area contributed by atoms with Gasteiger partial charge in [0.05, 0.1) is 0 Å². The summed E-state index contributed by atoms with van der Waals surface area (Å²) in [5, 5.41) is 7.95. The maximum absolute atomic E-state index is 6.02. The van der Waals surface area contributed by atoms with Crippen molar-refractivity contribution in [1.29, 1.82) is 0 Å². The van der Waals surface area contributed by atoms with Crippen molar-refractivity contribution in [1.82, 2.24) is 15.0 Å². The molecular weight excluding hydrogens is 348 g/mol. The van der Waals surface area contributed by atoms with Gasteiger partial charge in [0.1, 0.15) is 5.52 Å². The Kier molecular flexibility index (Phi) is 6.70. The lowest BCUT2D eigenvalue weighted by molar-refractivity contribution is 0.338. The molecule has 0 amide bonds. The molecular formula is C22H36N6. The van der Waals surface area contributed by atoms with E-state index in [2.05, 4.69) is 56.3 Å². The predicted molar refractivity (Wildman–Crippen MR) is 118 cm³/mol. The molecule has 0 radical (unpaired) electrons. The maximum atomic E-state index is 6.02. The number of nitrogens with one attached hydrogen (secondary N) is 2. The normalized spacial score (nSPS) is 21.3. The SMILES string of the molecule is CC(C)Nc1nc(C(C)C(C)C)cc2cnc(NCC3CCC(N)CC3)nc12. The minimum Gasteiger partial charge on any atom is -0.366 e. The number of nitrogens with zero attached hydrogens (tertiary/aromatic N) is 3. The first-order chi connectivity index (χ1) is 13.3. The van der Waals surface area contributed by atoms with Crippen LogP contribution in [0.5, 0.6) is 0 Å². The molecule has 0 bridgehead atoms. The van der Waals surface area contributed by atoms with Crippen LogP contribution in [0.15, 0.2) is 12.3 Å². The van der Waals surface area contributed by atoms with Crippen LogP contribution in [0, 0.1) is 11.8 Å². The topological polar surface area (TPSA) is 88.8 Å². The summed E-state index contributed by atoms with van der Waals surface area (Å²) in [4.78, 5) is 14.3. The number of hydrogen-bond donors (Lipinski definition) is 3. The van der Waals surface area contributed by atoms with Crippen LogP contribution in [0.4, 0.5) is 11.8 Å². The molecule has 6 nitrogen and oxygen atoms in total. The summed E-state index contributed by atoms with van der Waals surface area (Å²) in [6.07, 6.45) is 6.52. The zero-order chi connectivity index (χ0) is 20.3. The first-order valence-corrected chi connectivity index (χ1v) is 10.8. The molecule has 1 aliphatic carbocycles. The number of pyridine rings is 1. The Balaban J connectivity index is 1.83. The molecule has 2 heterocycles. The third-order valence-electron chi connectivity index (χ3n) is 5.92. The van der Waals surface area contributed by atoms with E-state index in [4.69, 9.17) is 15.7 Å². The van der Waals surface area contributed by atoms with Crippen LogP contribution in [0.1, 0.15) is 71.9 Å². The number of aromatic nitrogens is 3. The predicted octanol–water partition coefficient (Wildman–Crippen LogP) is 4.53. The van der Waals surface area contributed by atoms with E-state index in [0.29, 0.717) is 29.7 Å². The van der Waals surface area contributed by atoms with Crippen molar-refractivity contribution < 1.29 is 0 Å². The van der Waals surface area contributed by atoms with Crippen molar-refractivity contribution in [3.05, 3.63) is 18.0 Å². The Bertz CT molecular complexity index is 780. The van der Waals surface area contributed by atoms with Crippen LogP contribution < -0.4 is 16.4 Å². The molecule has 1 fully saturated rings. The van der Waals surface area contributed by atoms with E-state index >= 15 is 0 Å². The standard InChI is InChI=1S/C22H36N6/c1-13(2)15(5)19-10-17-12-25-22(24-11-16-6-8-18(23)9-7-16)28-20(17)21(27-19)26-14(3)4/h10,12-16,18H,6-9,11,23H2,1-5H3,(H,26,27)(H,24,25,28). The molecule has 2 aromatic heterocycles. The fraction of sp³-hybridized carbons (Fsp3) is 0.682. The van der Waals surface area contributed by atoms with E-state index in [1.54, 1.807) is 0 Å². The van der Waals surface area contributed by atoms with E-state index in [1.807, 2.05) is 6.20 Å². The second-order valence-corrected chi connectivity index (χ2v) is 9.02. The van der Waals surface area contributed by atoms with Gasteiger partial charge in [-0.15, -0.1) is 0 Å². The van der Waals surface area contributed by atoms with Crippen molar-refractivity contribution in [2.24, 2.45) is 17.6 Å². The molecule has 3 rings (SSSR count). The van der Waals surface area contributed by atoms with Gasteiger partial charge in [-0.3, -0.25) is 0 Å². The van der Waals surface area contributed by atoms with Crippen LogP contribution in [0.3, 0.4) is 0 Å². The Morgan fingerprint density at radius 1 is 1.07 bits per heavy atom. The maximum Gasteiger partial charge on any atom is 0.223 e. The molecule has 0 aromatic carbocycles. The van der Waals surface area contributed by atoms with Gasteiger partial charge in [-0.1, -0.05) is 20.8 Å². The number of anilines is 2. The highest BCUT2D eigenvalue weighted by atomic mass is 15.1. The average Bonchev–Trinajstić information content (AvgIpc) is 2.66. The average molecular weight is 385 g/mol. The van der Waals surface area contributed by atoms with E-state index < -0.39 is 0 Å². The Morgan fingerprint density at radius 3 is 2.43 bits per heavy atom. The van der Waals surface area contributed by atoms with E-state index in [0.717, 1.165) is 41.8 Å². The van der Waals surface area contributed by atoms with Crippen molar-refractivity contribution in [2.45, 2.75) is 78.3 Å². The van der Waals surface area contributed by atoms with Gasteiger partial charge < -0.3 is 16.4 Å². The second kappa shape index (κ2) is 9.03. The number of nitrogens with two attached hydrogens (primary N) is 1. The number of fused-ring (bicyclic) bond motifs is 1. The number of hydrogen-bond acceptors (Lipinski definition) is 6. The second-order valence-electron chi connectivity index (χ2n) is 9.02. The molecule has 0 saturated heterocycles. The van der Waals surface area contributed by atoms with Gasteiger partial charge in [0.15, 0.2) is 5.82 Å². The largest absolute Gasteiger partial charge is 0.366 e. The van der Waals surface area contributed by atoms with E-state index in [1.165, 1.54) is 12.8 Å². The molecule has 0 spiro atoms. The summed E-state index contributed by atoms with van der Waals surface area (Å²) in [5.74, 6) is 3.10. The highest BCUT2D eigenvalue weighted by molar-refractivity contribution is 5.89. The Morgan fingerprint density at radius 2 is 1.79 bits per heavy atom. The Labute approximate surface area is 169 Å². The minimum atomic E-state index is 0.290.